The number of fused-ring (bicyclic) bond motifs is 1. The molecule has 0 fully saturated rings. The van der Waals surface area contributed by atoms with Gasteiger partial charge in [0.2, 0.25) is 0 Å². The monoisotopic (exact) mass is 505 g/mol. The SMILES string of the molecule is CCCCOc1ccc(-c2cc3cc(OCCCC)ccc3n2Cc2ccc(OCCCl)cc2)cc1. The molecule has 4 nitrogen and oxygen atoms in total. The van der Waals surface area contributed by atoms with Crippen LogP contribution in [0.1, 0.15) is 45.1 Å². The van der Waals surface area contributed by atoms with Gasteiger partial charge in [0.05, 0.1) is 19.1 Å². The van der Waals surface area contributed by atoms with E-state index in [2.05, 4.69) is 79.1 Å². The molecule has 1 heterocycles. The largest absolute Gasteiger partial charge is 0.494 e. The third-order valence-electron chi connectivity index (χ3n) is 6.17. The number of ether oxygens (including phenoxy) is 3. The molecule has 0 N–H and O–H groups in total. The molecule has 0 saturated heterocycles. The van der Waals surface area contributed by atoms with Crippen LogP contribution in [0, 0.1) is 0 Å². The molecule has 190 valence electrons. The van der Waals surface area contributed by atoms with E-state index < -0.39 is 0 Å². The molecule has 0 aliphatic carbocycles. The van der Waals surface area contributed by atoms with Crippen molar-refractivity contribution in [3.63, 3.8) is 0 Å². The minimum absolute atomic E-state index is 0.479. The zero-order valence-electron chi connectivity index (χ0n) is 21.3. The molecule has 4 aromatic rings. The molecule has 0 bridgehead atoms. The maximum absolute atomic E-state index is 5.99. The second-order valence-corrected chi connectivity index (χ2v) is 9.32. The van der Waals surface area contributed by atoms with Gasteiger partial charge in [0.1, 0.15) is 23.9 Å². The van der Waals surface area contributed by atoms with E-state index in [4.69, 9.17) is 25.8 Å². The van der Waals surface area contributed by atoms with Gasteiger partial charge < -0.3 is 18.8 Å². The van der Waals surface area contributed by atoms with Gasteiger partial charge in [0, 0.05) is 23.1 Å². The van der Waals surface area contributed by atoms with Crippen LogP contribution in [0.25, 0.3) is 22.2 Å². The summed E-state index contributed by atoms with van der Waals surface area (Å²) in [6.07, 6.45) is 4.37. The third-order valence-corrected chi connectivity index (χ3v) is 6.32. The van der Waals surface area contributed by atoms with E-state index >= 15 is 0 Å². The molecule has 3 aromatic carbocycles. The minimum atomic E-state index is 0.479. The Kier molecular flexibility index (Phi) is 9.57. The quantitative estimate of drug-likeness (QED) is 0.127. The predicted molar refractivity (Wildman–Crippen MR) is 150 cm³/mol. The third kappa shape index (κ3) is 6.76. The molecule has 0 saturated carbocycles. The van der Waals surface area contributed by atoms with Crippen LogP contribution < -0.4 is 14.2 Å². The first kappa shape index (κ1) is 26.0. The zero-order valence-corrected chi connectivity index (χ0v) is 22.1. The number of hydrogen-bond donors (Lipinski definition) is 0. The lowest BCUT2D eigenvalue weighted by Gasteiger charge is -2.13. The van der Waals surface area contributed by atoms with Crippen molar-refractivity contribution in [2.75, 3.05) is 25.7 Å². The number of alkyl halides is 1. The summed E-state index contributed by atoms with van der Waals surface area (Å²) in [4.78, 5) is 0. The zero-order chi connectivity index (χ0) is 25.2. The smallest absolute Gasteiger partial charge is 0.120 e. The fourth-order valence-corrected chi connectivity index (χ4v) is 4.25. The Morgan fingerprint density at radius 2 is 1.25 bits per heavy atom. The average molecular weight is 506 g/mol. The second-order valence-electron chi connectivity index (χ2n) is 8.95. The van der Waals surface area contributed by atoms with E-state index in [1.165, 1.54) is 22.2 Å². The number of nitrogens with zero attached hydrogens (tertiary/aromatic N) is 1. The van der Waals surface area contributed by atoms with Gasteiger partial charge in [-0.05, 0) is 84.6 Å². The molecule has 0 aliphatic heterocycles. The predicted octanol–water partition coefficient (Wildman–Crippen LogP) is 8.33. The Morgan fingerprint density at radius 3 is 1.89 bits per heavy atom. The minimum Gasteiger partial charge on any atom is -0.494 e. The molecule has 1 aromatic heterocycles. The molecule has 0 radical (unpaired) electrons. The molecule has 5 heteroatoms. The lowest BCUT2D eigenvalue weighted by molar-refractivity contribution is 0.309. The van der Waals surface area contributed by atoms with Crippen molar-refractivity contribution >= 4 is 22.5 Å². The van der Waals surface area contributed by atoms with Crippen LogP contribution in [0.15, 0.2) is 72.8 Å². The Hall–Kier alpha value is -3.11. The first-order valence-electron chi connectivity index (χ1n) is 13.0. The van der Waals surface area contributed by atoms with Crippen molar-refractivity contribution in [1.29, 1.82) is 0 Å². The van der Waals surface area contributed by atoms with Crippen molar-refractivity contribution in [1.82, 2.24) is 4.57 Å². The van der Waals surface area contributed by atoms with Crippen LogP contribution in [0.2, 0.25) is 0 Å². The number of unbranched alkanes of at least 4 members (excludes halogenated alkanes) is 2. The standard InChI is InChI=1S/C31H36ClNO3/c1-3-5-18-34-28-13-9-25(10-14-28)31-22-26-21-29(35-19-6-4-2)15-16-30(26)33(31)23-24-7-11-27(12-8-24)36-20-17-32/h7-16,21-22H,3-6,17-20,23H2,1-2H3. The molecule has 4 rings (SSSR count). The van der Waals surface area contributed by atoms with E-state index in [0.29, 0.717) is 12.5 Å². The van der Waals surface area contributed by atoms with Crippen molar-refractivity contribution < 1.29 is 14.2 Å². The van der Waals surface area contributed by atoms with Gasteiger partial charge in [-0.3, -0.25) is 0 Å². The summed E-state index contributed by atoms with van der Waals surface area (Å²) in [5.74, 6) is 3.14. The highest BCUT2D eigenvalue weighted by molar-refractivity contribution is 6.18. The number of benzene rings is 3. The highest BCUT2D eigenvalue weighted by atomic mass is 35.5. The van der Waals surface area contributed by atoms with Crippen molar-refractivity contribution in [3.05, 3.63) is 78.4 Å². The fourth-order valence-electron chi connectivity index (χ4n) is 4.17. The van der Waals surface area contributed by atoms with Gasteiger partial charge in [0.25, 0.3) is 0 Å². The van der Waals surface area contributed by atoms with Gasteiger partial charge in [-0.15, -0.1) is 11.6 Å². The van der Waals surface area contributed by atoms with Crippen LogP contribution in [0.3, 0.4) is 0 Å². The van der Waals surface area contributed by atoms with Crippen molar-refractivity contribution in [2.45, 2.75) is 46.1 Å². The number of rotatable bonds is 14. The van der Waals surface area contributed by atoms with Crippen molar-refractivity contribution in [3.8, 4) is 28.5 Å². The van der Waals surface area contributed by atoms with E-state index in [0.717, 1.165) is 68.3 Å². The summed E-state index contributed by atoms with van der Waals surface area (Å²) in [5.41, 5.74) is 4.70. The highest BCUT2D eigenvalue weighted by Gasteiger charge is 2.13. The van der Waals surface area contributed by atoms with E-state index in [-0.39, 0.29) is 0 Å². The van der Waals surface area contributed by atoms with E-state index in [9.17, 15) is 0 Å². The van der Waals surface area contributed by atoms with Crippen LogP contribution in [0.5, 0.6) is 17.2 Å². The Bertz CT molecular complexity index is 1220. The Morgan fingerprint density at radius 1 is 0.667 bits per heavy atom. The molecule has 0 amide bonds. The van der Waals surface area contributed by atoms with Gasteiger partial charge in [-0.25, -0.2) is 0 Å². The maximum Gasteiger partial charge on any atom is 0.120 e. The molecule has 36 heavy (non-hydrogen) atoms. The Balaban J connectivity index is 1.64. The van der Waals surface area contributed by atoms with E-state index in [1.807, 2.05) is 12.1 Å². The fraction of sp³-hybridized carbons (Fsp3) is 0.355. The summed E-state index contributed by atoms with van der Waals surface area (Å²) in [6.45, 7) is 7.10. The molecule has 0 spiro atoms. The van der Waals surface area contributed by atoms with Crippen molar-refractivity contribution in [2.24, 2.45) is 0 Å². The summed E-state index contributed by atoms with van der Waals surface area (Å²) >= 11 is 5.75. The maximum atomic E-state index is 5.99. The van der Waals surface area contributed by atoms with Crippen LogP contribution in [-0.2, 0) is 6.54 Å². The first-order valence-corrected chi connectivity index (χ1v) is 13.5. The van der Waals surface area contributed by atoms with E-state index in [1.54, 1.807) is 0 Å². The van der Waals surface area contributed by atoms with Crippen LogP contribution in [-0.4, -0.2) is 30.3 Å². The summed E-state index contributed by atoms with van der Waals surface area (Å²) in [6, 6.07) is 25.3. The second kappa shape index (κ2) is 13.3. The summed E-state index contributed by atoms with van der Waals surface area (Å²) in [7, 11) is 0. The van der Waals surface area contributed by atoms with Crippen LogP contribution in [0.4, 0.5) is 0 Å². The Labute approximate surface area is 219 Å². The molecule has 0 aliphatic rings. The normalized spacial score (nSPS) is 11.1. The van der Waals surface area contributed by atoms with Gasteiger partial charge in [0.15, 0.2) is 0 Å². The number of halogens is 1. The average Bonchev–Trinajstić information content (AvgIpc) is 3.26. The first-order chi connectivity index (χ1) is 17.7. The lowest BCUT2D eigenvalue weighted by Crippen LogP contribution is -2.03. The lowest BCUT2D eigenvalue weighted by atomic mass is 10.1. The number of aromatic nitrogens is 1. The van der Waals surface area contributed by atoms with Crippen LogP contribution >= 0.6 is 11.6 Å². The van der Waals surface area contributed by atoms with Gasteiger partial charge >= 0.3 is 0 Å². The topological polar surface area (TPSA) is 32.6 Å². The molecular formula is C31H36ClNO3. The van der Waals surface area contributed by atoms with Gasteiger partial charge in [-0.2, -0.15) is 0 Å². The summed E-state index contributed by atoms with van der Waals surface area (Å²) < 4.78 is 19.9. The molecule has 0 unspecified atom stereocenters. The van der Waals surface area contributed by atoms with Gasteiger partial charge in [-0.1, -0.05) is 38.8 Å². The number of hydrogen-bond acceptors (Lipinski definition) is 3. The molecule has 0 atom stereocenters. The highest BCUT2D eigenvalue weighted by Crippen LogP contribution is 2.32. The molecular weight excluding hydrogens is 470 g/mol. The summed E-state index contributed by atoms with van der Waals surface area (Å²) in [5, 5.41) is 1.17.